The van der Waals surface area contributed by atoms with E-state index in [-0.39, 0.29) is 0 Å². The SMILES string of the molecule is NSc1ccccc1N1CCN(c2ccccn2)CC1. The molecule has 4 nitrogen and oxygen atoms in total. The number of piperazine rings is 1. The molecule has 2 N–H and O–H groups in total. The Morgan fingerprint density at radius 3 is 2.30 bits per heavy atom. The Kier molecular flexibility index (Phi) is 4.08. The number of nitrogens with two attached hydrogens (primary N) is 1. The molecule has 3 rings (SSSR count). The summed E-state index contributed by atoms with van der Waals surface area (Å²) < 4.78 is 0. The summed E-state index contributed by atoms with van der Waals surface area (Å²) in [7, 11) is 0. The number of para-hydroxylation sites is 1. The van der Waals surface area contributed by atoms with E-state index in [9.17, 15) is 0 Å². The van der Waals surface area contributed by atoms with Gasteiger partial charge < -0.3 is 9.80 Å². The first kappa shape index (κ1) is 13.3. The minimum Gasteiger partial charge on any atom is -0.367 e. The number of anilines is 2. The van der Waals surface area contributed by atoms with Crippen LogP contribution in [0.4, 0.5) is 11.5 Å². The summed E-state index contributed by atoms with van der Waals surface area (Å²) in [6, 6.07) is 14.4. The first-order valence-electron chi connectivity index (χ1n) is 6.75. The van der Waals surface area contributed by atoms with Crippen LogP contribution in [-0.4, -0.2) is 31.2 Å². The van der Waals surface area contributed by atoms with Gasteiger partial charge in [-0.05, 0) is 36.2 Å². The molecule has 0 amide bonds. The number of hydrogen-bond donors (Lipinski definition) is 1. The predicted molar refractivity (Wildman–Crippen MR) is 85.1 cm³/mol. The lowest BCUT2D eigenvalue weighted by atomic mass is 10.2. The lowest BCUT2D eigenvalue weighted by Crippen LogP contribution is -2.47. The molecule has 1 aliphatic heterocycles. The zero-order valence-corrected chi connectivity index (χ0v) is 12.1. The maximum Gasteiger partial charge on any atom is 0.128 e. The van der Waals surface area contributed by atoms with Gasteiger partial charge in [0.25, 0.3) is 0 Å². The van der Waals surface area contributed by atoms with E-state index >= 15 is 0 Å². The van der Waals surface area contributed by atoms with Crippen molar-refractivity contribution in [3.8, 4) is 0 Å². The lowest BCUT2D eigenvalue weighted by Gasteiger charge is -2.37. The Balaban J connectivity index is 1.70. The van der Waals surface area contributed by atoms with Crippen molar-refractivity contribution in [2.75, 3.05) is 36.0 Å². The van der Waals surface area contributed by atoms with E-state index in [4.69, 9.17) is 5.14 Å². The van der Waals surface area contributed by atoms with Gasteiger partial charge in [0.05, 0.1) is 5.69 Å². The molecule has 2 aromatic rings. The molecule has 104 valence electrons. The van der Waals surface area contributed by atoms with Crippen LogP contribution >= 0.6 is 11.9 Å². The molecule has 0 saturated carbocycles. The topological polar surface area (TPSA) is 45.4 Å². The molecule has 0 radical (unpaired) electrons. The predicted octanol–water partition coefficient (Wildman–Crippen LogP) is 2.37. The Bertz CT molecular complexity index is 553. The fraction of sp³-hybridized carbons (Fsp3) is 0.267. The summed E-state index contributed by atoms with van der Waals surface area (Å²) in [5, 5.41) is 5.75. The summed E-state index contributed by atoms with van der Waals surface area (Å²) in [4.78, 5) is 10.3. The van der Waals surface area contributed by atoms with Crippen LogP contribution in [0.1, 0.15) is 0 Å². The molecular weight excluding hydrogens is 268 g/mol. The highest BCUT2D eigenvalue weighted by Gasteiger charge is 2.19. The second-order valence-corrected chi connectivity index (χ2v) is 5.42. The highest BCUT2D eigenvalue weighted by molar-refractivity contribution is 7.97. The van der Waals surface area contributed by atoms with E-state index in [1.54, 1.807) is 0 Å². The summed E-state index contributed by atoms with van der Waals surface area (Å²) >= 11 is 1.32. The minimum absolute atomic E-state index is 0.987. The third-order valence-electron chi connectivity index (χ3n) is 3.59. The molecule has 1 fully saturated rings. The molecule has 2 heterocycles. The fourth-order valence-corrected chi connectivity index (χ4v) is 3.01. The molecule has 0 aliphatic carbocycles. The van der Waals surface area contributed by atoms with Crippen molar-refractivity contribution in [2.45, 2.75) is 4.90 Å². The largest absolute Gasteiger partial charge is 0.367 e. The minimum atomic E-state index is 0.987. The second-order valence-electron chi connectivity index (χ2n) is 4.75. The maximum absolute atomic E-state index is 5.75. The second kappa shape index (κ2) is 6.15. The Morgan fingerprint density at radius 1 is 0.900 bits per heavy atom. The van der Waals surface area contributed by atoms with Gasteiger partial charge in [0, 0.05) is 37.3 Å². The Morgan fingerprint density at radius 2 is 1.60 bits per heavy atom. The highest BCUT2D eigenvalue weighted by Crippen LogP contribution is 2.28. The molecule has 0 atom stereocenters. The van der Waals surface area contributed by atoms with Crippen molar-refractivity contribution in [3.63, 3.8) is 0 Å². The number of aromatic nitrogens is 1. The number of nitrogens with zero attached hydrogens (tertiary/aromatic N) is 3. The van der Waals surface area contributed by atoms with E-state index < -0.39 is 0 Å². The standard InChI is InChI=1S/C15H18N4S/c16-20-14-6-2-1-5-13(14)18-9-11-19(12-10-18)15-7-3-4-8-17-15/h1-8H,9-12,16H2. The number of hydrogen-bond acceptors (Lipinski definition) is 5. The van der Waals surface area contributed by atoms with Gasteiger partial charge in [-0.15, -0.1) is 0 Å². The zero-order valence-electron chi connectivity index (χ0n) is 11.3. The number of rotatable bonds is 3. The van der Waals surface area contributed by atoms with Crippen LogP contribution in [0, 0.1) is 0 Å². The third kappa shape index (κ3) is 2.73. The van der Waals surface area contributed by atoms with Gasteiger partial charge in [-0.1, -0.05) is 18.2 Å². The van der Waals surface area contributed by atoms with Crippen LogP contribution < -0.4 is 14.9 Å². The molecule has 0 spiro atoms. The van der Waals surface area contributed by atoms with Crippen LogP contribution in [-0.2, 0) is 0 Å². The molecule has 1 aromatic heterocycles. The molecular formula is C15H18N4S. The number of pyridine rings is 1. The quantitative estimate of drug-likeness (QED) is 0.878. The molecule has 20 heavy (non-hydrogen) atoms. The van der Waals surface area contributed by atoms with E-state index in [1.165, 1.54) is 17.6 Å². The van der Waals surface area contributed by atoms with Crippen LogP contribution in [0.5, 0.6) is 0 Å². The van der Waals surface area contributed by atoms with Crippen LogP contribution in [0.25, 0.3) is 0 Å². The average Bonchev–Trinajstić information content (AvgIpc) is 2.56. The summed E-state index contributed by atoms with van der Waals surface area (Å²) in [5.74, 6) is 1.06. The van der Waals surface area contributed by atoms with E-state index in [0.717, 1.165) is 36.9 Å². The van der Waals surface area contributed by atoms with Gasteiger partial charge in [-0.25, -0.2) is 4.98 Å². The fourth-order valence-electron chi connectivity index (χ4n) is 2.54. The molecule has 5 heteroatoms. The van der Waals surface area contributed by atoms with E-state index in [0.29, 0.717) is 0 Å². The first-order chi connectivity index (χ1) is 9.88. The van der Waals surface area contributed by atoms with Crippen molar-refractivity contribution in [3.05, 3.63) is 48.7 Å². The van der Waals surface area contributed by atoms with Crippen molar-refractivity contribution in [1.29, 1.82) is 0 Å². The van der Waals surface area contributed by atoms with Gasteiger partial charge in [0.1, 0.15) is 5.82 Å². The lowest BCUT2D eigenvalue weighted by molar-refractivity contribution is 0.644. The van der Waals surface area contributed by atoms with Crippen molar-refractivity contribution < 1.29 is 0 Å². The van der Waals surface area contributed by atoms with Gasteiger partial charge in [0.2, 0.25) is 0 Å². The first-order valence-corrected chi connectivity index (χ1v) is 7.63. The zero-order chi connectivity index (χ0) is 13.8. The van der Waals surface area contributed by atoms with E-state index in [1.807, 2.05) is 24.4 Å². The maximum atomic E-state index is 5.75. The Hall–Kier alpha value is -1.72. The van der Waals surface area contributed by atoms with Crippen LogP contribution in [0.3, 0.4) is 0 Å². The van der Waals surface area contributed by atoms with Gasteiger partial charge >= 0.3 is 0 Å². The molecule has 1 saturated heterocycles. The molecule has 0 unspecified atom stereocenters. The summed E-state index contributed by atoms with van der Waals surface area (Å²) in [6.07, 6.45) is 1.85. The normalized spacial score (nSPS) is 15.4. The molecule has 0 bridgehead atoms. The Labute approximate surface area is 123 Å². The van der Waals surface area contributed by atoms with Crippen LogP contribution in [0.15, 0.2) is 53.6 Å². The van der Waals surface area contributed by atoms with Gasteiger partial charge in [-0.3, -0.25) is 5.14 Å². The average molecular weight is 286 g/mol. The highest BCUT2D eigenvalue weighted by atomic mass is 32.2. The van der Waals surface area contributed by atoms with Crippen molar-refractivity contribution >= 4 is 23.5 Å². The summed E-state index contributed by atoms with van der Waals surface area (Å²) in [6.45, 7) is 3.96. The summed E-state index contributed by atoms with van der Waals surface area (Å²) in [5.41, 5.74) is 1.24. The van der Waals surface area contributed by atoms with Gasteiger partial charge in [0.15, 0.2) is 0 Å². The van der Waals surface area contributed by atoms with E-state index in [2.05, 4.69) is 39.0 Å². The van der Waals surface area contributed by atoms with Gasteiger partial charge in [-0.2, -0.15) is 0 Å². The smallest absolute Gasteiger partial charge is 0.128 e. The van der Waals surface area contributed by atoms with Crippen molar-refractivity contribution in [2.24, 2.45) is 5.14 Å². The molecule has 1 aromatic carbocycles. The number of benzene rings is 1. The van der Waals surface area contributed by atoms with Crippen LogP contribution in [0.2, 0.25) is 0 Å². The molecule has 1 aliphatic rings. The van der Waals surface area contributed by atoms with Crippen molar-refractivity contribution in [1.82, 2.24) is 4.98 Å². The monoisotopic (exact) mass is 286 g/mol. The third-order valence-corrected chi connectivity index (χ3v) is 4.19.